The van der Waals surface area contributed by atoms with Crippen LogP contribution in [0.15, 0.2) is 95.6 Å². The standard InChI is InChI=1S/C49H55N5O8S/c1-33-14-20-39(40-12-5-4-11-38(33)40)35-15-21-42(49(58)59)44(31-35)51-63(60,61)37-18-16-36(17-19-37)62-30-8-25-53-28-26-52(27-29-53)24-6-2-3-9-34-10-7-13-41-43(34)32-54(48(41)57)45-22-23-46(55)50-47(45)56/h4-5,7,10-16,18,20-21,31,45,51H,2-3,6,8-9,17,19,22-30,32H2,1H3,(H,58,59)(H,50,55,56). The number of hydrogen-bond acceptors (Lipinski definition) is 9. The molecule has 4 aliphatic rings. The van der Waals surface area contributed by atoms with Crippen molar-refractivity contribution in [1.29, 1.82) is 0 Å². The van der Waals surface area contributed by atoms with Gasteiger partial charge in [-0.2, -0.15) is 0 Å². The highest BCUT2D eigenvalue weighted by molar-refractivity contribution is 7.96. The van der Waals surface area contributed by atoms with Crippen molar-refractivity contribution >= 4 is 50.2 Å². The molecule has 0 radical (unpaired) electrons. The predicted molar refractivity (Wildman–Crippen MR) is 243 cm³/mol. The van der Waals surface area contributed by atoms with Crippen molar-refractivity contribution in [2.24, 2.45) is 0 Å². The summed E-state index contributed by atoms with van der Waals surface area (Å²) >= 11 is 0. The van der Waals surface area contributed by atoms with Crippen LogP contribution in [0.2, 0.25) is 0 Å². The minimum absolute atomic E-state index is 0.0169. The first kappa shape index (κ1) is 43.8. The lowest BCUT2D eigenvalue weighted by Gasteiger charge is -2.34. The number of aryl methyl sites for hydroxylation is 2. The third kappa shape index (κ3) is 10.0. The van der Waals surface area contributed by atoms with Crippen molar-refractivity contribution < 1.29 is 37.4 Å². The largest absolute Gasteiger partial charge is 0.498 e. The molecule has 1 aliphatic carbocycles. The average Bonchev–Trinajstić information content (AvgIpc) is 3.61. The van der Waals surface area contributed by atoms with Crippen LogP contribution in [0.4, 0.5) is 5.69 Å². The van der Waals surface area contributed by atoms with Crippen LogP contribution < -0.4 is 10.0 Å². The van der Waals surface area contributed by atoms with Gasteiger partial charge in [0.15, 0.2) is 0 Å². The van der Waals surface area contributed by atoms with Gasteiger partial charge in [0, 0.05) is 57.7 Å². The lowest BCUT2D eigenvalue weighted by atomic mass is 9.94. The second-order valence-corrected chi connectivity index (χ2v) is 18.7. The van der Waals surface area contributed by atoms with Crippen molar-refractivity contribution in [3.05, 3.63) is 123 Å². The Morgan fingerprint density at radius 3 is 2.32 bits per heavy atom. The third-order valence-electron chi connectivity index (χ3n) is 12.8. The number of piperidine rings is 1. The molecule has 2 saturated heterocycles. The number of sulfonamides is 1. The molecule has 4 aromatic carbocycles. The number of imide groups is 1. The Balaban J connectivity index is 0.743. The van der Waals surface area contributed by atoms with E-state index in [0.29, 0.717) is 37.1 Å². The van der Waals surface area contributed by atoms with Crippen molar-refractivity contribution in [1.82, 2.24) is 20.0 Å². The zero-order valence-corrected chi connectivity index (χ0v) is 36.6. The summed E-state index contributed by atoms with van der Waals surface area (Å²) < 4.78 is 35.8. The average molecular weight is 874 g/mol. The van der Waals surface area contributed by atoms with Crippen molar-refractivity contribution in [2.75, 3.05) is 50.6 Å². The molecule has 63 heavy (non-hydrogen) atoms. The molecule has 13 nitrogen and oxygen atoms in total. The Hall–Kier alpha value is -5.83. The number of unbranched alkanes of at least 4 members (excludes halogenated alkanes) is 2. The zero-order chi connectivity index (χ0) is 44.1. The number of aromatic carboxylic acids is 1. The summed E-state index contributed by atoms with van der Waals surface area (Å²) in [5.74, 6) is -1.28. The first-order valence-electron chi connectivity index (χ1n) is 22.1. The van der Waals surface area contributed by atoms with E-state index in [1.807, 2.05) is 55.5 Å². The second-order valence-electron chi connectivity index (χ2n) is 17.0. The number of carboxylic acid groups (broad SMARTS) is 1. The fraction of sp³-hybridized carbons (Fsp3) is 0.388. The van der Waals surface area contributed by atoms with Gasteiger partial charge >= 0.3 is 5.97 Å². The van der Waals surface area contributed by atoms with Crippen molar-refractivity contribution in [3.8, 4) is 11.1 Å². The number of carbonyl (C=O) groups is 4. The number of allylic oxidation sites excluding steroid dienone is 4. The second kappa shape index (κ2) is 19.3. The van der Waals surface area contributed by atoms with E-state index in [2.05, 4.69) is 25.9 Å². The van der Waals surface area contributed by atoms with E-state index in [0.717, 1.165) is 110 Å². The SMILES string of the molecule is Cc1ccc(-c2ccc(C(=O)O)c(NS(=O)(=O)C3=CC=C(OCCCN4CCN(CCCCCc5cccc6c5CN(C5CCC(=O)NC5=O)C6=O)CC4)CC3)c2)c2ccccc12. The maximum atomic E-state index is 13.6. The van der Waals surface area contributed by atoms with Crippen LogP contribution in [-0.4, -0.2) is 104 Å². The smallest absolute Gasteiger partial charge is 0.337 e. The van der Waals surface area contributed by atoms with Gasteiger partial charge in [0.05, 0.1) is 28.5 Å². The number of rotatable bonds is 17. The summed E-state index contributed by atoms with van der Waals surface area (Å²) in [5.41, 5.74) is 5.45. The Kier molecular flexibility index (Phi) is 13.4. The summed E-state index contributed by atoms with van der Waals surface area (Å²) in [6.07, 6.45) is 9.51. The number of benzene rings is 4. The molecule has 330 valence electrons. The number of amides is 3. The van der Waals surface area contributed by atoms with E-state index in [9.17, 15) is 32.7 Å². The van der Waals surface area contributed by atoms with Crippen molar-refractivity contribution in [3.63, 3.8) is 0 Å². The van der Waals surface area contributed by atoms with Crippen LogP contribution in [0.3, 0.4) is 0 Å². The van der Waals surface area contributed by atoms with Crippen LogP contribution >= 0.6 is 0 Å². The monoisotopic (exact) mass is 873 g/mol. The summed E-state index contributed by atoms with van der Waals surface area (Å²) in [4.78, 5) is 56.2. The molecule has 4 aromatic rings. The predicted octanol–water partition coefficient (Wildman–Crippen LogP) is 7.02. The number of hydrogen-bond donors (Lipinski definition) is 3. The van der Waals surface area contributed by atoms with Crippen LogP contribution in [0.5, 0.6) is 0 Å². The molecule has 3 amide bonds. The highest BCUT2D eigenvalue weighted by Crippen LogP contribution is 2.35. The van der Waals surface area contributed by atoms with Crippen LogP contribution in [0, 0.1) is 6.92 Å². The van der Waals surface area contributed by atoms with Gasteiger partial charge in [0.1, 0.15) is 6.04 Å². The molecule has 0 aromatic heterocycles. The number of piperazine rings is 1. The van der Waals surface area contributed by atoms with Gasteiger partial charge in [-0.05, 0) is 121 Å². The van der Waals surface area contributed by atoms with Gasteiger partial charge in [-0.1, -0.05) is 61.0 Å². The molecule has 2 fully saturated rings. The third-order valence-corrected chi connectivity index (χ3v) is 14.4. The molecule has 8 rings (SSSR count). The Morgan fingerprint density at radius 1 is 0.825 bits per heavy atom. The quantitative estimate of drug-likeness (QED) is 0.0742. The Bertz CT molecular complexity index is 2600. The minimum atomic E-state index is -4.03. The molecule has 0 spiro atoms. The van der Waals surface area contributed by atoms with Gasteiger partial charge in [-0.25, -0.2) is 13.2 Å². The lowest BCUT2D eigenvalue weighted by Crippen LogP contribution is -2.52. The van der Waals surface area contributed by atoms with E-state index in [4.69, 9.17) is 4.74 Å². The summed E-state index contributed by atoms with van der Waals surface area (Å²) in [6, 6.07) is 21.9. The minimum Gasteiger partial charge on any atom is -0.498 e. The molecular weight excluding hydrogens is 819 g/mol. The molecule has 1 atom stereocenters. The first-order valence-corrected chi connectivity index (χ1v) is 23.5. The molecule has 3 N–H and O–H groups in total. The molecule has 14 heteroatoms. The Morgan fingerprint density at radius 2 is 1.59 bits per heavy atom. The van der Waals surface area contributed by atoms with Gasteiger partial charge in [0.2, 0.25) is 11.8 Å². The zero-order valence-electron chi connectivity index (χ0n) is 35.7. The molecule has 0 saturated carbocycles. The number of carboxylic acids is 1. The number of ether oxygens (including phenoxy) is 1. The van der Waals surface area contributed by atoms with Gasteiger partial charge in [-0.15, -0.1) is 0 Å². The first-order chi connectivity index (χ1) is 30.4. The molecule has 0 bridgehead atoms. The van der Waals surface area contributed by atoms with E-state index in [1.165, 1.54) is 6.07 Å². The highest BCUT2D eigenvalue weighted by Gasteiger charge is 2.39. The van der Waals surface area contributed by atoms with E-state index in [1.54, 1.807) is 29.2 Å². The maximum Gasteiger partial charge on any atom is 0.337 e. The highest BCUT2D eigenvalue weighted by atomic mass is 32.2. The fourth-order valence-corrected chi connectivity index (χ4v) is 10.5. The van der Waals surface area contributed by atoms with Crippen LogP contribution in [-0.2, 0) is 37.3 Å². The molecule has 3 heterocycles. The number of nitrogens with zero attached hydrogens (tertiary/aromatic N) is 3. The summed E-state index contributed by atoms with van der Waals surface area (Å²) in [5, 5.41) is 14.4. The topological polar surface area (TPSA) is 166 Å². The number of fused-ring (bicyclic) bond motifs is 2. The van der Waals surface area contributed by atoms with Crippen molar-refractivity contribution in [2.45, 2.75) is 77.3 Å². The molecule has 3 aliphatic heterocycles. The van der Waals surface area contributed by atoms with Gasteiger partial charge in [0.25, 0.3) is 15.9 Å². The van der Waals surface area contributed by atoms with E-state index in [-0.39, 0.29) is 46.7 Å². The fourth-order valence-electron chi connectivity index (χ4n) is 9.28. The molecular formula is C49H55N5O8S. The normalized spacial score (nSPS) is 18.5. The number of carbonyl (C=O) groups excluding carboxylic acids is 3. The lowest BCUT2D eigenvalue weighted by molar-refractivity contribution is -0.136. The van der Waals surface area contributed by atoms with Gasteiger partial charge < -0.3 is 24.5 Å². The van der Waals surface area contributed by atoms with E-state index < -0.39 is 22.0 Å². The van der Waals surface area contributed by atoms with Crippen LogP contribution in [0.25, 0.3) is 21.9 Å². The number of anilines is 1. The van der Waals surface area contributed by atoms with Gasteiger partial charge in [-0.3, -0.25) is 24.4 Å². The summed E-state index contributed by atoms with van der Waals surface area (Å²) in [7, 11) is -4.03. The van der Waals surface area contributed by atoms with Crippen LogP contribution in [0.1, 0.15) is 88.8 Å². The molecule has 1 unspecified atom stereocenters. The maximum absolute atomic E-state index is 13.6. The van der Waals surface area contributed by atoms with E-state index >= 15 is 0 Å². The Labute approximate surface area is 368 Å². The number of nitrogens with one attached hydrogen (secondary N) is 2. The summed E-state index contributed by atoms with van der Waals surface area (Å²) in [6.45, 7) is 9.01.